The van der Waals surface area contributed by atoms with Crippen LogP contribution in [0, 0.1) is 0 Å². The van der Waals surface area contributed by atoms with Crippen LogP contribution in [0.4, 0.5) is 0 Å². The van der Waals surface area contributed by atoms with E-state index in [9.17, 15) is 5.11 Å². The predicted octanol–water partition coefficient (Wildman–Crippen LogP) is 3.13. The molecule has 0 aliphatic carbocycles. The van der Waals surface area contributed by atoms with Crippen LogP contribution in [0.3, 0.4) is 0 Å². The van der Waals surface area contributed by atoms with Crippen molar-refractivity contribution in [2.24, 2.45) is 0 Å². The molecule has 0 spiro atoms. The molecule has 11 heavy (non-hydrogen) atoms. The number of aliphatic hydroxyl groups excluding tert-OH is 1. The standard InChI is InChI=1S/C8H11BrOS/c1-3-6-4-7(9)8(11-6)5(2)10/h4-5,10H,3H2,1-2H3. The van der Waals surface area contributed by atoms with Crippen molar-refractivity contribution >= 4 is 27.3 Å². The van der Waals surface area contributed by atoms with Crippen LogP contribution in [0.2, 0.25) is 0 Å². The van der Waals surface area contributed by atoms with Gasteiger partial charge in [-0.2, -0.15) is 0 Å². The van der Waals surface area contributed by atoms with E-state index in [1.54, 1.807) is 18.3 Å². The second-order valence-corrected chi connectivity index (χ2v) is 4.48. The monoisotopic (exact) mass is 234 g/mol. The molecule has 1 rings (SSSR count). The zero-order valence-electron chi connectivity index (χ0n) is 6.60. The van der Waals surface area contributed by atoms with Crippen molar-refractivity contribution < 1.29 is 5.11 Å². The molecule has 0 saturated heterocycles. The molecule has 0 aromatic carbocycles. The fraction of sp³-hybridized carbons (Fsp3) is 0.500. The molecule has 1 atom stereocenters. The zero-order valence-corrected chi connectivity index (χ0v) is 9.00. The summed E-state index contributed by atoms with van der Waals surface area (Å²) in [6, 6.07) is 2.08. The number of halogens is 1. The van der Waals surface area contributed by atoms with E-state index in [2.05, 4.69) is 28.9 Å². The minimum atomic E-state index is -0.352. The Morgan fingerprint density at radius 1 is 1.73 bits per heavy atom. The minimum absolute atomic E-state index is 0.352. The normalized spacial score (nSPS) is 13.5. The molecular formula is C8H11BrOS. The maximum absolute atomic E-state index is 9.29. The van der Waals surface area contributed by atoms with Crippen molar-refractivity contribution in [2.45, 2.75) is 26.4 Å². The topological polar surface area (TPSA) is 20.2 Å². The van der Waals surface area contributed by atoms with E-state index < -0.39 is 0 Å². The van der Waals surface area contributed by atoms with Gasteiger partial charge in [-0.3, -0.25) is 0 Å². The van der Waals surface area contributed by atoms with Crippen molar-refractivity contribution in [2.75, 3.05) is 0 Å². The lowest BCUT2D eigenvalue weighted by molar-refractivity contribution is 0.202. The average molecular weight is 235 g/mol. The summed E-state index contributed by atoms with van der Waals surface area (Å²) in [4.78, 5) is 2.34. The Morgan fingerprint density at radius 2 is 2.36 bits per heavy atom. The second-order valence-electron chi connectivity index (χ2n) is 2.45. The first-order valence-electron chi connectivity index (χ1n) is 3.61. The number of rotatable bonds is 2. The molecule has 0 aliphatic rings. The molecule has 1 N–H and O–H groups in total. The molecule has 0 bridgehead atoms. The highest BCUT2D eigenvalue weighted by Crippen LogP contribution is 2.32. The molecule has 62 valence electrons. The van der Waals surface area contributed by atoms with Gasteiger partial charge in [-0.15, -0.1) is 11.3 Å². The largest absolute Gasteiger partial charge is 0.388 e. The van der Waals surface area contributed by atoms with Gasteiger partial charge < -0.3 is 5.11 Å². The van der Waals surface area contributed by atoms with Crippen LogP contribution in [0.15, 0.2) is 10.5 Å². The Balaban J connectivity index is 2.97. The van der Waals surface area contributed by atoms with Crippen LogP contribution >= 0.6 is 27.3 Å². The molecule has 1 heterocycles. The summed E-state index contributed by atoms with van der Waals surface area (Å²) in [6.45, 7) is 3.90. The Morgan fingerprint density at radius 3 is 2.64 bits per heavy atom. The highest BCUT2D eigenvalue weighted by molar-refractivity contribution is 9.10. The van der Waals surface area contributed by atoms with Crippen LogP contribution in [0.1, 0.15) is 29.7 Å². The highest BCUT2D eigenvalue weighted by Gasteiger charge is 2.09. The van der Waals surface area contributed by atoms with Gasteiger partial charge in [-0.1, -0.05) is 6.92 Å². The second kappa shape index (κ2) is 3.70. The first-order valence-corrected chi connectivity index (χ1v) is 5.22. The molecule has 1 nitrogen and oxygen atoms in total. The molecule has 0 fully saturated rings. The predicted molar refractivity (Wildman–Crippen MR) is 52.0 cm³/mol. The Hall–Kier alpha value is 0.140. The van der Waals surface area contributed by atoms with Gasteiger partial charge in [0.1, 0.15) is 0 Å². The first-order chi connectivity index (χ1) is 5.15. The van der Waals surface area contributed by atoms with E-state index in [0.717, 1.165) is 15.8 Å². The lowest BCUT2D eigenvalue weighted by atomic mass is 10.3. The Kier molecular flexibility index (Phi) is 3.10. The number of aliphatic hydroxyl groups is 1. The molecule has 0 aliphatic heterocycles. The molecule has 3 heteroatoms. The molecule has 1 aromatic heterocycles. The van der Waals surface area contributed by atoms with E-state index in [1.807, 2.05) is 0 Å². The van der Waals surface area contributed by atoms with Crippen LogP contribution in [-0.4, -0.2) is 5.11 Å². The summed E-state index contributed by atoms with van der Waals surface area (Å²) in [5.74, 6) is 0. The van der Waals surface area contributed by atoms with Gasteiger partial charge in [0.25, 0.3) is 0 Å². The van der Waals surface area contributed by atoms with E-state index >= 15 is 0 Å². The van der Waals surface area contributed by atoms with Crippen molar-refractivity contribution in [3.8, 4) is 0 Å². The zero-order chi connectivity index (χ0) is 8.43. The average Bonchev–Trinajstić information content (AvgIpc) is 2.30. The summed E-state index contributed by atoms with van der Waals surface area (Å²) in [5, 5.41) is 9.29. The Labute approximate surface area is 79.2 Å². The molecule has 0 amide bonds. The molecule has 0 radical (unpaired) electrons. The van der Waals surface area contributed by atoms with Gasteiger partial charge in [0.15, 0.2) is 0 Å². The fourth-order valence-electron chi connectivity index (χ4n) is 0.891. The molecule has 1 unspecified atom stereocenters. The van der Waals surface area contributed by atoms with Gasteiger partial charge in [0.2, 0.25) is 0 Å². The summed E-state index contributed by atoms with van der Waals surface area (Å²) in [6.07, 6.45) is 0.686. The summed E-state index contributed by atoms with van der Waals surface area (Å²) >= 11 is 5.08. The van der Waals surface area contributed by atoms with Gasteiger partial charge in [-0.05, 0) is 35.3 Å². The van der Waals surface area contributed by atoms with Gasteiger partial charge in [0, 0.05) is 14.2 Å². The number of thiophene rings is 1. The highest BCUT2D eigenvalue weighted by atomic mass is 79.9. The summed E-state index contributed by atoms with van der Waals surface area (Å²) < 4.78 is 1.04. The third-order valence-electron chi connectivity index (χ3n) is 1.49. The minimum Gasteiger partial charge on any atom is -0.388 e. The lowest BCUT2D eigenvalue weighted by Crippen LogP contribution is -1.85. The number of hydrogen-bond donors (Lipinski definition) is 1. The first kappa shape index (κ1) is 9.23. The van der Waals surface area contributed by atoms with Crippen LogP contribution < -0.4 is 0 Å². The van der Waals surface area contributed by atoms with Crippen LogP contribution in [0.5, 0.6) is 0 Å². The lowest BCUT2D eigenvalue weighted by Gasteiger charge is -1.99. The van der Waals surface area contributed by atoms with Crippen molar-refractivity contribution in [3.05, 3.63) is 20.3 Å². The van der Waals surface area contributed by atoms with Crippen molar-refractivity contribution in [1.29, 1.82) is 0 Å². The Bertz CT molecular complexity index is 242. The van der Waals surface area contributed by atoms with Crippen molar-refractivity contribution in [1.82, 2.24) is 0 Å². The number of hydrogen-bond acceptors (Lipinski definition) is 2. The molecule has 0 saturated carbocycles. The van der Waals surface area contributed by atoms with E-state index in [-0.39, 0.29) is 6.10 Å². The van der Waals surface area contributed by atoms with Crippen molar-refractivity contribution in [3.63, 3.8) is 0 Å². The summed E-state index contributed by atoms with van der Waals surface area (Å²) in [5.41, 5.74) is 0. The third kappa shape index (κ3) is 2.04. The smallest absolute Gasteiger partial charge is 0.0865 e. The molecule has 1 aromatic rings. The van der Waals surface area contributed by atoms with Crippen LogP contribution in [-0.2, 0) is 6.42 Å². The van der Waals surface area contributed by atoms with E-state index in [1.165, 1.54) is 4.88 Å². The maximum atomic E-state index is 9.29. The summed E-state index contributed by atoms with van der Waals surface area (Å²) in [7, 11) is 0. The van der Waals surface area contributed by atoms with E-state index in [0.29, 0.717) is 0 Å². The molecular weight excluding hydrogens is 224 g/mol. The maximum Gasteiger partial charge on any atom is 0.0865 e. The quantitative estimate of drug-likeness (QED) is 0.834. The fourth-order valence-corrected chi connectivity index (χ4v) is 2.82. The third-order valence-corrected chi connectivity index (χ3v) is 3.86. The van der Waals surface area contributed by atoms with Crippen LogP contribution in [0.25, 0.3) is 0 Å². The van der Waals surface area contributed by atoms with Gasteiger partial charge >= 0.3 is 0 Å². The van der Waals surface area contributed by atoms with Gasteiger partial charge in [0.05, 0.1) is 6.10 Å². The SMILES string of the molecule is CCc1cc(Br)c(C(C)O)s1. The number of aryl methyl sites for hydroxylation is 1. The van der Waals surface area contributed by atoms with E-state index in [4.69, 9.17) is 0 Å². The van der Waals surface area contributed by atoms with Gasteiger partial charge in [-0.25, -0.2) is 0 Å².